The number of nitrogens with zero attached hydrogens (tertiary/aromatic N) is 1. The second-order valence-electron chi connectivity index (χ2n) is 6.28. The molecule has 1 aromatic carbocycles. The third-order valence-corrected chi connectivity index (χ3v) is 3.71. The number of carbonyl (C=O) groups is 1. The molecule has 5 heteroatoms. The summed E-state index contributed by atoms with van der Waals surface area (Å²) >= 11 is 3.40. The Morgan fingerprint density at radius 1 is 1.32 bits per heavy atom. The van der Waals surface area contributed by atoms with Gasteiger partial charge < -0.3 is 9.84 Å². The number of amides is 1. The highest BCUT2D eigenvalue weighted by Crippen LogP contribution is 2.25. The van der Waals surface area contributed by atoms with Gasteiger partial charge in [-0.1, -0.05) is 41.4 Å². The molecule has 0 spiro atoms. The third kappa shape index (κ3) is 5.97. The lowest BCUT2D eigenvalue weighted by atomic mass is 10.1. The first kappa shape index (κ1) is 19.0. The van der Waals surface area contributed by atoms with Crippen LogP contribution in [0.25, 0.3) is 0 Å². The van der Waals surface area contributed by atoms with Crippen LogP contribution in [-0.4, -0.2) is 34.9 Å². The van der Waals surface area contributed by atoms with Crippen LogP contribution in [0.4, 0.5) is 4.79 Å². The Bertz CT molecular complexity index is 468. The van der Waals surface area contributed by atoms with E-state index in [9.17, 15) is 9.90 Å². The average Bonchev–Trinajstić information content (AvgIpc) is 2.43. The van der Waals surface area contributed by atoms with Crippen molar-refractivity contribution in [2.45, 2.75) is 52.2 Å². The van der Waals surface area contributed by atoms with Gasteiger partial charge in [0.15, 0.2) is 0 Å². The SMILES string of the molecule is CCCCN(C(=O)OC(C)(C)C)[C@H](CO)c1ccc(Br)cc1. The molecule has 1 amide bonds. The van der Waals surface area contributed by atoms with Crippen LogP contribution in [0.1, 0.15) is 52.1 Å². The molecule has 0 saturated heterocycles. The van der Waals surface area contributed by atoms with E-state index < -0.39 is 11.6 Å². The monoisotopic (exact) mass is 371 g/mol. The van der Waals surface area contributed by atoms with Crippen molar-refractivity contribution in [2.24, 2.45) is 0 Å². The van der Waals surface area contributed by atoms with Crippen molar-refractivity contribution in [2.75, 3.05) is 13.2 Å². The zero-order valence-corrected chi connectivity index (χ0v) is 15.4. The highest BCUT2D eigenvalue weighted by molar-refractivity contribution is 9.10. The van der Waals surface area contributed by atoms with Crippen molar-refractivity contribution in [3.05, 3.63) is 34.3 Å². The van der Waals surface area contributed by atoms with Crippen LogP contribution in [0, 0.1) is 0 Å². The van der Waals surface area contributed by atoms with Gasteiger partial charge in [-0.2, -0.15) is 0 Å². The zero-order chi connectivity index (χ0) is 16.8. The minimum atomic E-state index is -0.554. The molecule has 124 valence electrons. The lowest BCUT2D eigenvalue weighted by Crippen LogP contribution is -2.41. The Kier molecular flexibility index (Phi) is 7.36. The van der Waals surface area contributed by atoms with E-state index in [2.05, 4.69) is 22.9 Å². The third-order valence-electron chi connectivity index (χ3n) is 3.18. The summed E-state index contributed by atoms with van der Waals surface area (Å²) in [5.41, 5.74) is 0.342. The summed E-state index contributed by atoms with van der Waals surface area (Å²) < 4.78 is 6.45. The van der Waals surface area contributed by atoms with Crippen molar-refractivity contribution < 1.29 is 14.6 Å². The van der Waals surface area contributed by atoms with Gasteiger partial charge in [0.1, 0.15) is 5.60 Å². The number of hydrogen-bond acceptors (Lipinski definition) is 3. The van der Waals surface area contributed by atoms with Gasteiger partial charge in [-0.25, -0.2) is 4.79 Å². The molecule has 4 nitrogen and oxygen atoms in total. The van der Waals surface area contributed by atoms with Crippen molar-refractivity contribution in [1.82, 2.24) is 4.90 Å². The Labute approximate surface area is 141 Å². The number of ether oxygens (including phenoxy) is 1. The standard InChI is InChI=1S/C17H26BrNO3/c1-5-6-11-19(16(21)22-17(2,3)4)15(12-20)13-7-9-14(18)10-8-13/h7-10,15,20H,5-6,11-12H2,1-4H3/t15-/m1/s1. The van der Waals surface area contributed by atoms with Crippen LogP contribution in [0.5, 0.6) is 0 Å². The number of unbranched alkanes of at least 4 members (excludes halogenated alkanes) is 1. The number of halogens is 1. The molecular weight excluding hydrogens is 346 g/mol. The van der Waals surface area contributed by atoms with E-state index in [1.54, 1.807) is 4.90 Å². The van der Waals surface area contributed by atoms with Gasteiger partial charge in [0.25, 0.3) is 0 Å². The van der Waals surface area contributed by atoms with Crippen LogP contribution in [0.2, 0.25) is 0 Å². The zero-order valence-electron chi connectivity index (χ0n) is 13.8. The summed E-state index contributed by atoms with van der Waals surface area (Å²) in [5.74, 6) is 0. The number of benzene rings is 1. The summed E-state index contributed by atoms with van der Waals surface area (Å²) in [7, 11) is 0. The number of aliphatic hydroxyl groups excluding tert-OH is 1. The maximum absolute atomic E-state index is 12.5. The predicted molar refractivity (Wildman–Crippen MR) is 91.8 cm³/mol. The van der Waals surface area contributed by atoms with Crippen LogP contribution in [0.15, 0.2) is 28.7 Å². The van der Waals surface area contributed by atoms with E-state index >= 15 is 0 Å². The number of rotatable bonds is 6. The first-order chi connectivity index (χ1) is 10.3. The number of hydrogen-bond donors (Lipinski definition) is 1. The lowest BCUT2D eigenvalue weighted by molar-refractivity contribution is 0.00852. The van der Waals surface area contributed by atoms with E-state index in [4.69, 9.17) is 4.74 Å². The second kappa shape index (κ2) is 8.53. The van der Waals surface area contributed by atoms with Gasteiger partial charge in [-0.15, -0.1) is 0 Å². The first-order valence-electron chi connectivity index (χ1n) is 7.64. The van der Waals surface area contributed by atoms with Gasteiger partial charge >= 0.3 is 6.09 Å². The second-order valence-corrected chi connectivity index (χ2v) is 7.19. The average molecular weight is 372 g/mol. The maximum Gasteiger partial charge on any atom is 0.410 e. The molecule has 0 fully saturated rings. The minimum absolute atomic E-state index is 0.134. The molecule has 0 aliphatic rings. The van der Waals surface area contributed by atoms with Crippen LogP contribution in [-0.2, 0) is 4.74 Å². The summed E-state index contributed by atoms with van der Waals surface area (Å²) in [6.07, 6.45) is 1.45. The van der Waals surface area contributed by atoms with Gasteiger partial charge in [0.05, 0.1) is 12.6 Å². The smallest absolute Gasteiger partial charge is 0.410 e. The molecule has 1 aromatic rings. The van der Waals surface area contributed by atoms with Gasteiger partial charge in [-0.05, 0) is 44.9 Å². The summed E-state index contributed by atoms with van der Waals surface area (Å²) in [6.45, 7) is 8.03. The quantitative estimate of drug-likeness (QED) is 0.799. The largest absolute Gasteiger partial charge is 0.444 e. The molecular formula is C17H26BrNO3. The Balaban J connectivity index is 3.00. The summed E-state index contributed by atoms with van der Waals surface area (Å²) in [6, 6.07) is 7.24. The van der Waals surface area contributed by atoms with Crippen molar-refractivity contribution in [3.8, 4) is 0 Å². The van der Waals surface area contributed by atoms with Gasteiger partial charge in [0.2, 0.25) is 0 Å². The maximum atomic E-state index is 12.5. The van der Waals surface area contributed by atoms with Gasteiger partial charge in [-0.3, -0.25) is 4.90 Å². The number of aliphatic hydroxyl groups is 1. The molecule has 0 aliphatic heterocycles. The van der Waals surface area contributed by atoms with Gasteiger partial charge in [0, 0.05) is 11.0 Å². The van der Waals surface area contributed by atoms with Crippen LogP contribution in [0.3, 0.4) is 0 Å². The molecule has 22 heavy (non-hydrogen) atoms. The first-order valence-corrected chi connectivity index (χ1v) is 8.43. The highest BCUT2D eigenvalue weighted by atomic mass is 79.9. The van der Waals surface area contributed by atoms with Crippen molar-refractivity contribution >= 4 is 22.0 Å². The van der Waals surface area contributed by atoms with Crippen LogP contribution >= 0.6 is 15.9 Å². The topological polar surface area (TPSA) is 49.8 Å². The fourth-order valence-corrected chi connectivity index (χ4v) is 2.36. The Morgan fingerprint density at radius 2 is 1.91 bits per heavy atom. The fraction of sp³-hybridized carbons (Fsp3) is 0.588. The predicted octanol–water partition coefficient (Wildman–Crippen LogP) is 4.52. The molecule has 1 atom stereocenters. The molecule has 0 saturated carbocycles. The van der Waals surface area contributed by atoms with E-state index in [1.165, 1.54) is 0 Å². The van der Waals surface area contributed by atoms with E-state index in [0.717, 1.165) is 22.9 Å². The molecule has 0 unspecified atom stereocenters. The fourth-order valence-electron chi connectivity index (χ4n) is 2.09. The Hall–Kier alpha value is -1.07. The molecule has 0 bridgehead atoms. The normalized spacial score (nSPS) is 12.8. The van der Waals surface area contributed by atoms with Crippen LogP contribution < -0.4 is 0 Å². The Morgan fingerprint density at radius 3 is 2.36 bits per heavy atom. The van der Waals surface area contributed by atoms with E-state index in [1.807, 2.05) is 45.0 Å². The van der Waals surface area contributed by atoms with Crippen molar-refractivity contribution in [1.29, 1.82) is 0 Å². The number of carbonyl (C=O) groups excluding carboxylic acids is 1. The molecule has 1 N–H and O–H groups in total. The van der Waals surface area contributed by atoms with E-state index in [-0.39, 0.29) is 12.7 Å². The molecule has 0 radical (unpaired) electrons. The van der Waals surface area contributed by atoms with Crippen molar-refractivity contribution in [3.63, 3.8) is 0 Å². The minimum Gasteiger partial charge on any atom is -0.444 e. The lowest BCUT2D eigenvalue weighted by Gasteiger charge is -2.33. The molecule has 0 aromatic heterocycles. The highest BCUT2D eigenvalue weighted by Gasteiger charge is 2.28. The van der Waals surface area contributed by atoms with E-state index in [0.29, 0.717) is 6.54 Å². The summed E-state index contributed by atoms with van der Waals surface area (Å²) in [4.78, 5) is 14.1. The molecule has 0 aliphatic carbocycles. The summed E-state index contributed by atoms with van der Waals surface area (Å²) in [5, 5.41) is 9.80. The molecule has 0 heterocycles. The molecule has 1 rings (SSSR count).